The van der Waals surface area contributed by atoms with Gasteiger partial charge in [0.15, 0.2) is 11.6 Å². The van der Waals surface area contributed by atoms with E-state index in [9.17, 15) is 9.18 Å². The number of halogens is 2. The monoisotopic (exact) mass is 350 g/mol. The number of aryl methyl sites for hydroxylation is 1. The number of carbonyl (C=O) groups is 1. The highest BCUT2D eigenvalue weighted by atomic mass is 35.5. The fraction of sp³-hybridized carbons (Fsp3) is 0.278. The average Bonchev–Trinajstić information content (AvgIpc) is 2.55. The molecule has 1 unspecified atom stereocenters. The second-order valence-corrected chi connectivity index (χ2v) is 5.73. The Balaban J connectivity index is 0.00000208. The SMILES string of the molecule is COc1cc(C(=O)NC2CCCc3cc(N)ccc32)ccc1F.Cl. The Morgan fingerprint density at radius 1 is 1.29 bits per heavy atom. The van der Waals surface area contributed by atoms with Crippen molar-refractivity contribution in [2.45, 2.75) is 25.3 Å². The van der Waals surface area contributed by atoms with E-state index in [1.807, 2.05) is 18.2 Å². The summed E-state index contributed by atoms with van der Waals surface area (Å²) in [6, 6.07) is 9.85. The van der Waals surface area contributed by atoms with Gasteiger partial charge in [0.25, 0.3) is 5.91 Å². The third kappa shape index (κ3) is 3.62. The lowest BCUT2D eigenvalue weighted by Crippen LogP contribution is -2.31. The molecule has 0 fully saturated rings. The van der Waals surface area contributed by atoms with Gasteiger partial charge in [-0.2, -0.15) is 0 Å². The van der Waals surface area contributed by atoms with E-state index in [-0.39, 0.29) is 30.1 Å². The standard InChI is InChI=1S/C18H19FN2O2.ClH/c1-23-17-10-12(5-8-15(17)19)18(22)21-16-4-2-3-11-9-13(20)6-7-14(11)16;/h5-10,16H,2-4,20H2,1H3,(H,21,22);1H. The minimum atomic E-state index is -0.484. The Morgan fingerprint density at radius 2 is 2.08 bits per heavy atom. The van der Waals surface area contributed by atoms with Crippen LogP contribution in [0.5, 0.6) is 5.75 Å². The maximum absolute atomic E-state index is 13.5. The van der Waals surface area contributed by atoms with Gasteiger partial charge in [0.2, 0.25) is 0 Å². The fourth-order valence-electron chi connectivity index (χ4n) is 3.03. The van der Waals surface area contributed by atoms with Crippen LogP contribution in [-0.4, -0.2) is 13.0 Å². The first-order valence-corrected chi connectivity index (χ1v) is 7.61. The molecule has 0 radical (unpaired) electrons. The summed E-state index contributed by atoms with van der Waals surface area (Å²) in [5.41, 5.74) is 9.23. The van der Waals surface area contributed by atoms with Gasteiger partial charge in [0, 0.05) is 11.3 Å². The number of nitrogens with one attached hydrogen (secondary N) is 1. The molecule has 0 bridgehead atoms. The average molecular weight is 351 g/mol. The van der Waals surface area contributed by atoms with Crippen molar-refractivity contribution in [2.24, 2.45) is 0 Å². The number of methoxy groups -OCH3 is 1. The number of rotatable bonds is 3. The third-order valence-electron chi connectivity index (χ3n) is 4.20. The van der Waals surface area contributed by atoms with Crippen LogP contribution in [0.4, 0.5) is 10.1 Å². The van der Waals surface area contributed by atoms with Crippen molar-refractivity contribution in [3.05, 3.63) is 58.9 Å². The van der Waals surface area contributed by atoms with Crippen LogP contribution < -0.4 is 15.8 Å². The van der Waals surface area contributed by atoms with Crippen LogP contribution in [-0.2, 0) is 6.42 Å². The highest BCUT2D eigenvalue weighted by Gasteiger charge is 2.22. The predicted molar refractivity (Wildman–Crippen MR) is 94.2 cm³/mol. The molecule has 2 aromatic carbocycles. The Hall–Kier alpha value is -2.27. The molecule has 1 aliphatic rings. The third-order valence-corrected chi connectivity index (χ3v) is 4.20. The number of ether oxygens (including phenoxy) is 1. The Morgan fingerprint density at radius 3 is 2.83 bits per heavy atom. The number of anilines is 1. The first kappa shape index (κ1) is 18.1. The van der Waals surface area contributed by atoms with Crippen molar-refractivity contribution < 1.29 is 13.9 Å². The summed E-state index contributed by atoms with van der Waals surface area (Å²) in [5, 5.41) is 3.02. The van der Waals surface area contributed by atoms with Crippen LogP contribution in [0.1, 0.15) is 40.4 Å². The smallest absolute Gasteiger partial charge is 0.251 e. The summed E-state index contributed by atoms with van der Waals surface area (Å²) < 4.78 is 18.4. The molecule has 0 heterocycles. The van der Waals surface area contributed by atoms with Gasteiger partial charge < -0.3 is 15.8 Å². The molecule has 6 heteroatoms. The van der Waals surface area contributed by atoms with Gasteiger partial charge in [-0.05, 0) is 60.7 Å². The topological polar surface area (TPSA) is 64.3 Å². The van der Waals surface area contributed by atoms with Gasteiger partial charge in [0.05, 0.1) is 13.2 Å². The van der Waals surface area contributed by atoms with Crippen LogP contribution >= 0.6 is 12.4 Å². The van der Waals surface area contributed by atoms with E-state index in [1.165, 1.54) is 30.9 Å². The van der Waals surface area contributed by atoms with Crippen molar-refractivity contribution >= 4 is 24.0 Å². The minimum absolute atomic E-state index is 0. The lowest BCUT2D eigenvalue weighted by Gasteiger charge is -2.26. The second-order valence-electron chi connectivity index (χ2n) is 5.73. The molecule has 0 aliphatic heterocycles. The van der Waals surface area contributed by atoms with Gasteiger partial charge >= 0.3 is 0 Å². The molecule has 1 amide bonds. The number of fused-ring (bicyclic) bond motifs is 1. The van der Waals surface area contributed by atoms with Crippen LogP contribution in [0.2, 0.25) is 0 Å². The maximum atomic E-state index is 13.5. The van der Waals surface area contributed by atoms with Gasteiger partial charge in [-0.1, -0.05) is 6.07 Å². The van der Waals surface area contributed by atoms with Gasteiger partial charge in [-0.3, -0.25) is 4.79 Å². The summed E-state index contributed by atoms with van der Waals surface area (Å²) in [6.45, 7) is 0. The van der Waals surface area contributed by atoms with E-state index < -0.39 is 5.82 Å². The molecular weight excluding hydrogens is 331 g/mol. The molecule has 3 N–H and O–H groups in total. The van der Waals surface area contributed by atoms with E-state index in [0.29, 0.717) is 5.56 Å². The van der Waals surface area contributed by atoms with Crippen LogP contribution in [0.3, 0.4) is 0 Å². The molecule has 0 spiro atoms. The fourth-order valence-corrected chi connectivity index (χ4v) is 3.03. The summed E-state index contributed by atoms with van der Waals surface area (Å²) >= 11 is 0. The lowest BCUT2D eigenvalue weighted by atomic mass is 9.87. The van der Waals surface area contributed by atoms with Crippen molar-refractivity contribution in [1.29, 1.82) is 0 Å². The zero-order chi connectivity index (χ0) is 16.4. The van der Waals surface area contributed by atoms with Crippen LogP contribution in [0, 0.1) is 5.82 Å². The quantitative estimate of drug-likeness (QED) is 0.830. The molecule has 2 aromatic rings. The number of benzene rings is 2. The van der Waals surface area contributed by atoms with Crippen molar-refractivity contribution in [1.82, 2.24) is 5.32 Å². The summed E-state index contributed by atoms with van der Waals surface area (Å²) in [6.07, 6.45) is 2.84. The van der Waals surface area contributed by atoms with Gasteiger partial charge in [-0.25, -0.2) is 4.39 Å². The first-order chi connectivity index (χ1) is 11.1. The normalized spacial score (nSPS) is 15.8. The molecule has 4 nitrogen and oxygen atoms in total. The molecule has 0 saturated heterocycles. The number of amides is 1. The van der Waals surface area contributed by atoms with E-state index in [0.717, 1.165) is 30.5 Å². The highest BCUT2D eigenvalue weighted by Crippen LogP contribution is 2.31. The van der Waals surface area contributed by atoms with E-state index in [1.54, 1.807) is 0 Å². The number of nitrogens with two attached hydrogens (primary N) is 1. The maximum Gasteiger partial charge on any atom is 0.251 e. The zero-order valence-corrected chi connectivity index (χ0v) is 14.2. The van der Waals surface area contributed by atoms with Crippen LogP contribution in [0.25, 0.3) is 0 Å². The summed E-state index contributed by atoms with van der Waals surface area (Å²) in [4.78, 5) is 12.5. The van der Waals surface area contributed by atoms with Crippen LogP contribution in [0.15, 0.2) is 36.4 Å². The lowest BCUT2D eigenvalue weighted by molar-refractivity contribution is 0.0932. The number of hydrogen-bond acceptors (Lipinski definition) is 3. The van der Waals surface area contributed by atoms with Crippen molar-refractivity contribution in [2.75, 3.05) is 12.8 Å². The molecule has 1 atom stereocenters. The van der Waals surface area contributed by atoms with Gasteiger partial charge in [-0.15, -0.1) is 12.4 Å². The number of carbonyl (C=O) groups excluding carboxylic acids is 1. The van der Waals surface area contributed by atoms with Crippen molar-refractivity contribution in [3.63, 3.8) is 0 Å². The molecule has 0 saturated carbocycles. The molecule has 1 aliphatic carbocycles. The minimum Gasteiger partial charge on any atom is -0.494 e. The molecule has 24 heavy (non-hydrogen) atoms. The van der Waals surface area contributed by atoms with E-state index in [4.69, 9.17) is 10.5 Å². The predicted octanol–water partition coefficient (Wildman–Crippen LogP) is 3.65. The first-order valence-electron chi connectivity index (χ1n) is 7.61. The summed E-state index contributed by atoms with van der Waals surface area (Å²) in [5.74, 6) is -0.657. The highest BCUT2D eigenvalue weighted by molar-refractivity contribution is 5.94. The van der Waals surface area contributed by atoms with Gasteiger partial charge in [0.1, 0.15) is 0 Å². The largest absolute Gasteiger partial charge is 0.494 e. The Labute approximate surface area is 146 Å². The number of nitrogen functional groups attached to an aromatic ring is 1. The number of hydrogen-bond donors (Lipinski definition) is 2. The summed E-state index contributed by atoms with van der Waals surface area (Å²) in [7, 11) is 1.38. The molecule has 3 rings (SSSR count). The Kier molecular flexibility index (Phi) is 5.67. The zero-order valence-electron chi connectivity index (χ0n) is 13.3. The Bertz CT molecular complexity index is 752. The molecule has 0 aromatic heterocycles. The van der Waals surface area contributed by atoms with E-state index in [2.05, 4.69) is 5.32 Å². The molecular formula is C18H20ClFN2O2. The molecule has 128 valence electrons. The second kappa shape index (κ2) is 7.53. The van der Waals surface area contributed by atoms with E-state index >= 15 is 0 Å². The van der Waals surface area contributed by atoms with Crippen molar-refractivity contribution in [3.8, 4) is 5.75 Å².